The van der Waals surface area contributed by atoms with Crippen LogP contribution in [0, 0.1) is 0 Å². The lowest BCUT2D eigenvalue weighted by Gasteiger charge is -2.31. The second-order valence-electron chi connectivity index (χ2n) is 5.76. The fourth-order valence-corrected chi connectivity index (χ4v) is 3.00. The molecule has 1 aromatic carbocycles. The summed E-state index contributed by atoms with van der Waals surface area (Å²) in [5.74, 6) is -0.899. The Bertz CT molecular complexity index is 554. The van der Waals surface area contributed by atoms with Gasteiger partial charge in [0.15, 0.2) is 0 Å². The highest BCUT2D eigenvalue weighted by molar-refractivity contribution is 5.87. The first kappa shape index (κ1) is 13.9. The highest BCUT2D eigenvalue weighted by atomic mass is 16.4. The van der Waals surface area contributed by atoms with Gasteiger partial charge in [0.1, 0.15) is 0 Å². The van der Waals surface area contributed by atoms with Crippen molar-refractivity contribution >= 4 is 17.6 Å². The standard InChI is InChI=1S/C16H20N2O3/c19-15(20)8-10-18(11-5-6-11)16(21)13-7-9-17-14-4-2-1-3-12(13)14/h1-4,11,13,17H,5-10H2,(H,19,20). The normalized spacial score (nSPS) is 20.3. The molecule has 112 valence electrons. The lowest BCUT2D eigenvalue weighted by Crippen LogP contribution is -2.40. The van der Waals surface area contributed by atoms with Crippen molar-refractivity contribution in [3.05, 3.63) is 29.8 Å². The molecule has 0 radical (unpaired) electrons. The molecule has 0 aromatic heterocycles. The highest BCUT2D eigenvalue weighted by Gasteiger charge is 2.37. The molecule has 1 unspecified atom stereocenters. The van der Waals surface area contributed by atoms with Gasteiger partial charge >= 0.3 is 5.97 Å². The van der Waals surface area contributed by atoms with E-state index in [9.17, 15) is 9.59 Å². The zero-order valence-electron chi connectivity index (χ0n) is 11.9. The van der Waals surface area contributed by atoms with Gasteiger partial charge in [0, 0.05) is 24.8 Å². The zero-order valence-corrected chi connectivity index (χ0v) is 11.9. The molecule has 2 N–H and O–H groups in total. The Morgan fingerprint density at radius 3 is 2.71 bits per heavy atom. The monoisotopic (exact) mass is 288 g/mol. The number of amides is 1. The highest BCUT2D eigenvalue weighted by Crippen LogP contribution is 2.36. The SMILES string of the molecule is O=C(O)CCN(C(=O)C1CCNc2ccccc21)C1CC1. The van der Waals surface area contributed by atoms with Gasteiger partial charge in [0.25, 0.3) is 0 Å². The fraction of sp³-hybridized carbons (Fsp3) is 0.500. The molecule has 1 saturated carbocycles. The van der Waals surface area contributed by atoms with Gasteiger partial charge in [-0.15, -0.1) is 0 Å². The summed E-state index contributed by atoms with van der Waals surface area (Å²) in [6, 6.07) is 8.14. The maximum atomic E-state index is 12.9. The Morgan fingerprint density at radius 2 is 2.00 bits per heavy atom. The summed E-state index contributed by atoms with van der Waals surface area (Å²) in [4.78, 5) is 25.4. The molecule has 5 heteroatoms. The summed E-state index contributed by atoms with van der Waals surface area (Å²) in [5.41, 5.74) is 2.06. The van der Waals surface area contributed by atoms with E-state index in [1.807, 2.05) is 24.3 Å². The molecule has 1 fully saturated rings. The van der Waals surface area contributed by atoms with Crippen LogP contribution in [0.4, 0.5) is 5.69 Å². The number of carbonyl (C=O) groups is 2. The largest absolute Gasteiger partial charge is 0.481 e. The molecule has 1 aliphatic carbocycles. The predicted molar refractivity (Wildman–Crippen MR) is 79.3 cm³/mol. The Morgan fingerprint density at radius 1 is 1.24 bits per heavy atom. The number of nitrogens with one attached hydrogen (secondary N) is 1. The van der Waals surface area contributed by atoms with Crippen LogP contribution in [0.15, 0.2) is 24.3 Å². The number of carboxylic acid groups (broad SMARTS) is 1. The second-order valence-corrected chi connectivity index (χ2v) is 5.76. The molecule has 0 saturated heterocycles. The van der Waals surface area contributed by atoms with Crippen LogP contribution in [0.3, 0.4) is 0 Å². The minimum absolute atomic E-state index is 0.0227. The summed E-state index contributed by atoms with van der Waals surface area (Å²) < 4.78 is 0. The molecular formula is C16H20N2O3. The quantitative estimate of drug-likeness (QED) is 0.870. The van der Waals surface area contributed by atoms with Crippen molar-refractivity contribution in [3.63, 3.8) is 0 Å². The number of carbonyl (C=O) groups excluding carboxylic acids is 1. The molecule has 1 amide bonds. The number of carboxylic acids is 1. The van der Waals surface area contributed by atoms with Crippen molar-refractivity contribution in [1.82, 2.24) is 4.90 Å². The first-order chi connectivity index (χ1) is 10.2. The third-order valence-corrected chi connectivity index (χ3v) is 4.22. The second kappa shape index (κ2) is 5.76. The van der Waals surface area contributed by atoms with Gasteiger partial charge in [-0.2, -0.15) is 0 Å². The lowest BCUT2D eigenvalue weighted by atomic mass is 9.89. The van der Waals surface area contributed by atoms with Crippen molar-refractivity contribution < 1.29 is 14.7 Å². The van der Waals surface area contributed by atoms with E-state index in [1.54, 1.807) is 4.90 Å². The molecule has 1 aliphatic heterocycles. The van der Waals surface area contributed by atoms with Gasteiger partial charge in [-0.05, 0) is 30.9 Å². The molecule has 2 aliphatic rings. The number of fused-ring (bicyclic) bond motifs is 1. The smallest absolute Gasteiger partial charge is 0.305 e. The molecular weight excluding hydrogens is 268 g/mol. The number of nitrogens with zero attached hydrogens (tertiary/aromatic N) is 1. The maximum Gasteiger partial charge on any atom is 0.305 e. The van der Waals surface area contributed by atoms with Gasteiger partial charge < -0.3 is 15.3 Å². The molecule has 21 heavy (non-hydrogen) atoms. The summed E-state index contributed by atoms with van der Waals surface area (Å²) in [6.07, 6.45) is 2.79. The summed E-state index contributed by atoms with van der Waals surface area (Å²) in [7, 11) is 0. The van der Waals surface area contributed by atoms with Gasteiger partial charge in [0.05, 0.1) is 12.3 Å². The van der Waals surface area contributed by atoms with E-state index in [1.165, 1.54) is 0 Å². The van der Waals surface area contributed by atoms with E-state index >= 15 is 0 Å². The van der Waals surface area contributed by atoms with E-state index in [2.05, 4.69) is 5.32 Å². The maximum absolute atomic E-state index is 12.9. The minimum atomic E-state index is -0.848. The predicted octanol–water partition coefficient (Wildman–Crippen LogP) is 2.05. The number of anilines is 1. The van der Waals surface area contributed by atoms with Crippen molar-refractivity contribution in [2.24, 2.45) is 0 Å². The van der Waals surface area contributed by atoms with Crippen LogP contribution in [0.2, 0.25) is 0 Å². The van der Waals surface area contributed by atoms with E-state index < -0.39 is 5.97 Å². The lowest BCUT2D eigenvalue weighted by molar-refractivity contribution is -0.139. The first-order valence-corrected chi connectivity index (χ1v) is 7.52. The van der Waals surface area contributed by atoms with Crippen LogP contribution in [0.5, 0.6) is 0 Å². The molecule has 1 heterocycles. The van der Waals surface area contributed by atoms with Crippen LogP contribution in [-0.4, -0.2) is 41.0 Å². The Labute approximate surface area is 123 Å². The molecule has 5 nitrogen and oxygen atoms in total. The molecule has 1 aromatic rings. The average Bonchev–Trinajstić information content (AvgIpc) is 3.31. The third kappa shape index (κ3) is 3.01. The topological polar surface area (TPSA) is 69.6 Å². The molecule has 0 spiro atoms. The Balaban J connectivity index is 1.78. The van der Waals surface area contributed by atoms with Crippen molar-refractivity contribution in [3.8, 4) is 0 Å². The average molecular weight is 288 g/mol. The molecule has 0 bridgehead atoms. The zero-order chi connectivity index (χ0) is 14.8. The van der Waals surface area contributed by atoms with Gasteiger partial charge in [-0.3, -0.25) is 9.59 Å². The van der Waals surface area contributed by atoms with Crippen LogP contribution in [0.1, 0.15) is 37.2 Å². The van der Waals surface area contributed by atoms with Crippen LogP contribution in [0.25, 0.3) is 0 Å². The van der Waals surface area contributed by atoms with Gasteiger partial charge in [-0.25, -0.2) is 0 Å². The first-order valence-electron chi connectivity index (χ1n) is 7.52. The minimum Gasteiger partial charge on any atom is -0.481 e. The summed E-state index contributed by atoms with van der Waals surface area (Å²) in [5, 5.41) is 12.2. The summed E-state index contributed by atoms with van der Waals surface area (Å²) in [6.45, 7) is 1.11. The number of aliphatic carboxylic acids is 1. The Kier molecular flexibility index (Phi) is 3.82. The number of rotatable bonds is 5. The van der Waals surface area contributed by atoms with Crippen molar-refractivity contribution in [2.45, 2.75) is 37.6 Å². The third-order valence-electron chi connectivity index (χ3n) is 4.22. The number of hydrogen-bond donors (Lipinski definition) is 2. The fourth-order valence-electron chi connectivity index (χ4n) is 3.00. The van der Waals surface area contributed by atoms with Crippen LogP contribution in [-0.2, 0) is 9.59 Å². The summed E-state index contributed by atoms with van der Waals surface area (Å²) >= 11 is 0. The van der Waals surface area contributed by atoms with Crippen LogP contribution >= 0.6 is 0 Å². The van der Waals surface area contributed by atoms with E-state index in [0.29, 0.717) is 6.54 Å². The Hall–Kier alpha value is -2.04. The van der Waals surface area contributed by atoms with E-state index in [4.69, 9.17) is 5.11 Å². The number of para-hydroxylation sites is 1. The van der Waals surface area contributed by atoms with Gasteiger partial charge in [-0.1, -0.05) is 18.2 Å². The van der Waals surface area contributed by atoms with E-state index in [-0.39, 0.29) is 24.3 Å². The molecule has 1 atom stereocenters. The van der Waals surface area contributed by atoms with Crippen molar-refractivity contribution in [2.75, 3.05) is 18.4 Å². The van der Waals surface area contributed by atoms with Crippen molar-refractivity contribution in [1.29, 1.82) is 0 Å². The van der Waals surface area contributed by atoms with E-state index in [0.717, 1.165) is 37.1 Å². The molecule has 3 rings (SSSR count). The number of hydrogen-bond acceptors (Lipinski definition) is 3. The number of benzene rings is 1. The van der Waals surface area contributed by atoms with Crippen LogP contribution < -0.4 is 5.32 Å². The van der Waals surface area contributed by atoms with Gasteiger partial charge in [0.2, 0.25) is 5.91 Å².